The third-order valence-electron chi connectivity index (χ3n) is 4.15. The Morgan fingerprint density at radius 1 is 1.50 bits per heavy atom. The third-order valence-corrected chi connectivity index (χ3v) is 4.15. The second kappa shape index (κ2) is 7.04. The first kappa shape index (κ1) is 15.3. The average Bonchev–Trinajstić information content (AvgIpc) is 2.45. The molecule has 1 aliphatic rings. The summed E-state index contributed by atoms with van der Waals surface area (Å²) in [5, 5.41) is 12.8. The number of nitrogens with zero attached hydrogens (tertiary/aromatic N) is 1. The monoisotopic (exact) mass is 280 g/mol. The predicted octanol–water partition coefficient (Wildman–Crippen LogP) is 3.06. The highest BCUT2D eigenvalue weighted by molar-refractivity contribution is 5.29. The van der Waals surface area contributed by atoms with Gasteiger partial charge in [0.05, 0.1) is 0 Å². The van der Waals surface area contributed by atoms with Crippen molar-refractivity contribution >= 4 is 0 Å². The van der Waals surface area contributed by atoms with E-state index in [1.807, 2.05) is 0 Å². The molecule has 1 heterocycles. The molecule has 2 unspecified atom stereocenters. The van der Waals surface area contributed by atoms with Crippen LogP contribution in [0.2, 0.25) is 0 Å². The van der Waals surface area contributed by atoms with Crippen molar-refractivity contribution < 1.29 is 9.50 Å². The molecular weight excluding hydrogens is 255 g/mol. The number of phenols is 1. The predicted molar refractivity (Wildman–Crippen MR) is 79.4 cm³/mol. The lowest BCUT2D eigenvalue weighted by Crippen LogP contribution is -2.47. The molecular formula is C16H25FN2O. The Morgan fingerprint density at radius 2 is 2.30 bits per heavy atom. The molecule has 2 rings (SSSR count). The number of rotatable bonds is 5. The van der Waals surface area contributed by atoms with E-state index in [1.54, 1.807) is 12.1 Å². The molecule has 1 aromatic rings. The summed E-state index contributed by atoms with van der Waals surface area (Å²) in [5.74, 6) is -0.331. The standard InChI is InChI=1S/C16H25FN2O/c1-3-9-19(13-5-4-8-18-11-13)12(2)15-7-6-14(20)10-16(15)17/h6-7,10,12-13,18,20H,3-5,8-9,11H2,1-2H3. The van der Waals surface area contributed by atoms with E-state index in [-0.39, 0.29) is 17.6 Å². The van der Waals surface area contributed by atoms with Gasteiger partial charge < -0.3 is 10.4 Å². The van der Waals surface area contributed by atoms with Crippen molar-refractivity contribution in [1.82, 2.24) is 10.2 Å². The van der Waals surface area contributed by atoms with Gasteiger partial charge in [-0.25, -0.2) is 4.39 Å². The molecule has 0 radical (unpaired) electrons. The Kier molecular flexibility index (Phi) is 5.38. The summed E-state index contributed by atoms with van der Waals surface area (Å²) in [6.07, 6.45) is 3.40. The van der Waals surface area contributed by atoms with E-state index in [2.05, 4.69) is 24.1 Å². The number of hydrogen-bond donors (Lipinski definition) is 2. The zero-order valence-corrected chi connectivity index (χ0v) is 12.4. The Bertz CT molecular complexity index is 432. The third kappa shape index (κ3) is 3.49. The Labute approximate surface area is 120 Å². The van der Waals surface area contributed by atoms with Gasteiger partial charge in [0.15, 0.2) is 0 Å². The molecule has 0 amide bonds. The van der Waals surface area contributed by atoms with Crippen LogP contribution in [-0.2, 0) is 0 Å². The molecule has 4 heteroatoms. The van der Waals surface area contributed by atoms with E-state index >= 15 is 0 Å². The molecule has 1 aromatic carbocycles. The molecule has 1 fully saturated rings. The molecule has 0 bridgehead atoms. The van der Waals surface area contributed by atoms with Gasteiger partial charge in [0.1, 0.15) is 11.6 Å². The molecule has 2 N–H and O–H groups in total. The minimum Gasteiger partial charge on any atom is -0.508 e. The van der Waals surface area contributed by atoms with Crippen LogP contribution >= 0.6 is 0 Å². The average molecular weight is 280 g/mol. The number of halogens is 1. The molecule has 0 spiro atoms. The fourth-order valence-corrected chi connectivity index (χ4v) is 3.10. The van der Waals surface area contributed by atoms with Gasteiger partial charge in [-0.3, -0.25) is 4.90 Å². The molecule has 2 atom stereocenters. The first-order valence-electron chi connectivity index (χ1n) is 7.58. The smallest absolute Gasteiger partial charge is 0.131 e. The zero-order chi connectivity index (χ0) is 14.5. The van der Waals surface area contributed by atoms with Crippen LogP contribution in [-0.4, -0.2) is 35.7 Å². The Balaban J connectivity index is 2.18. The highest BCUT2D eigenvalue weighted by Crippen LogP contribution is 2.28. The van der Waals surface area contributed by atoms with Crippen molar-refractivity contribution in [3.8, 4) is 5.75 Å². The van der Waals surface area contributed by atoms with Gasteiger partial charge in [-0.2, -0.15) is 0 Å². The van der Waals surface area contributed by atoms with E-state index in [4.69, 9.17) is 0 Å². The fraction of sp³-hybridized carbons (Fsp3) is 0.625. The lowest BCUT2D eigenvalue weighted by Gasteiger charge is -2.39. The molecule has 0 aromatic heterocycles. The number of aromatic hydroxyl groups is 1. The summed E-state index contributed by atoms with van der Waals surface area (Å²) < 4.78 is 14.1. The van der Waals surface area contributed by atoms with Crippen LogP contribution < -0.4 is 5.32 Å². The number of phenolic OH excluding ortho intramolecular Hbond substituents is 1. The number of hydrogen-bond acceptors (Lipinski definition) is 3. The summed E-state index contributed by atoms with van der Waals surface area (Å²) in [6.45, 7) is 7.24. The minimum absolute atomic E-state index is 0.0141. The van der Waals surface area contributed by atoms with Crippen LogP contribution in [0, 0.1) is 5.82 Å². The molecule has 0 saturated carbocycles. The van der Waals surface area contributed by atoms with Crippen molar-refractivity contribution in [2.24, 2.45) is 0 Å². The lowest BCUT2D eigenvalue weighted by atomic mass is 9.99. The maximum absolute atomic E-state index is 14.1. The number of benzene rings is 1. The zero-order valence-electron chi connectivity index (χ0n) is 12.4. The molecule has 20 heavy (non-hydrogen) atoms. The second-order valence-corrected chi connectivity index (χ2v) is 5.62. The van der Waals surface area contributed by atoms with Gasteiger partial charge in [0.25, 0.3) is 0 Å². The van der Waals surface area contributed by atoms with E-state index in [0.29, 0.717) is 11.6 Å². The van der Waals surface area contributed by atoms with Crippen molar-refractivity contribution in [1.29, 1.82) is 0 Å². The normalized spacial score (nSPS) is 21.1. The molecule has 112 valence electrons. The van der Waals surface area contributed by atoms with Crippen molar-refractivity contribution in [2.45, 2.75) is 45.2 Å². The van der Waals surface area contributed by atoms with Gasteiger partial charge in [-0.15, -0.1) is 0 Å². The van der Waals surface area contributed by atoms with E-state index in [1.165, 1.54) is 12.5 Å². The maximum Gasteiger partial charge on any atom is 0.131 e. The highest BCUT2D eigenvalue weighted by atomic mass is 19.1. The fourth-order valence-electron chi connectivity index (χ4n) is 3.10. The quantitative estimate of drug-likeness (QED) is 0.870. The van der Waals surface area contributed by atoms with E-state index < -0.39 is 0 Å². The van der Waals surface area contributed by atoms with Gasteiger partial charge in [-0.1, -0.05) is 13.0 Å². The lowest BCUT2D eigenvalue weighted by molar-refractivity contribution is 0.118. The Morgan fingerprint density at radius 3 is 2.90 bits per heavy atom. The summed E-state index contributed by atoms with van der Waals surface area (Å²) >= 11 is 0. The van der Waals surface area contributed by atoms with E-state index in [9.17, 15) is 9.50 Å². The van der Waals surface area contributed by atoms with Gasteiger partial charge >= 0.3 is 0 Å². The summed E-state index contributed by atoms with van der Waals surface area (Å²) in [4.78, 5) is 2.39. The van der Waals surface area contributed by atoms with Crippen molar-refractivity contribution in [2.75, 3.05) is 19.6 Å². The first-order chi connectivity index (χ1) is 9.63. The largest absolute Gasteiger partial charge is 0.508 e. The van der Waals surface area contributed by atoms with E-state index in [0.717, 1.165) is 32.5 Å². The second-order valence-electron chi connectivity index (χ2n) is 5.62. The molecule has 3 nitrogen and oxygen atoms in total. The van der Waals surface area contributed by atoms with Crippen LogP contribution in [0.1, 0.15) is 44.7 Å². The molecule has 0 aliphatic carbocycles. The molecule has 1 aliphatic heterocycles. The van der Waals surface area contributed by atoms with Crippen LogP contribution in [0.4, 0.5) is 4.39 Å². The summed E-state index contributed by atoms with van der Waals surface area (Å²) in [6, 6.07) is 4.97. The van der Waals surface area contributed by atoms with Gasteiger partial charge in [0.2, 0.25) is 0 Å². The van der Waals surface area contributed by atoms with Crippen LogP contribution in [0.15, 0.2) is 18.2 Å². The topological polar surface area (TPSA) is 35.5 Å². The highest BCUT2D eigenvalue weighted by Gasteiger charge is 2.26. The van der Waals surface area contributed by atoms with Gasteiger partial charge in [-0.05, 0) is 45.3 Å². The minimum atomic E-state index is -0.317. The summed E-state index contributed by atoms with van der Waals surface area (Å²) in [5.41, 5.74) is 0.668. The van der Waals surface area contributed by atoms with Crippen LogP contribution in [0.25, 0.3) is 0 Å². The van der Waals surface area contributed by atoms with Crippen molar-refractivity contribution in [3.05, 3.63) is 29.6 Å². The Hall–Kier alpha value is -1.13. The van der Waals surface area contributed by atoms with Crippen molar-refractivity contribution in [3.63, 3.8) is 0 Å². The van der Waals surface area contributed by atoms with Gasteiger partial charge in [0, 0.05) is 30.3 Å². The first-order valence-corrected chi connectivity index (χ1v) is 7.58. The number of nitrogens with one attached hydrogen (secondary N) is 1. The maximum atomic E-state index is 14.1. The van der Waals surface area contributed by atoms with Crippen LogP contribution in [0.5, 0.6) is 5.75 Å². The number of piperidine rings is 1. The molecule has 1 saturated heterocycles. The van der Waals surface area contributed by atoms with Crippen LogP contribution in [0.3, 0.4) is 0 Å². The summed E-state index contributed by atoms with van der Waals surface area (Å²) in [7, 11) is 0. The SMILES string of the molecule is CCCN(C1CCCNC1)C(C)c1ccc(O)cc1F.